The van der Waals surface area contributed by atoms with Crippen LogP contribution in [0.25, 0.3) is 10.9 Å². The van der Waals surface area contributed by atoms with Crippen molar-refractivity contribution in [3.8, 4) is 6.07 Å². The summed E-state index contributed by atoms with van der Waals surface area (Å²) in [5, 5.41) is 23.6. The average molecular weight is 445 g/mol. The van der Waals surface area contributed by atoms with E-state index in [1.807, 2.05) is 12.1 Å². The predicted octanol–water partition coefficient (Wildman–Crippen LogP) is 4.55. The minimum Gasteiger partial charge on any atom is -0.380 e. The van der Waals surface area contributed by atoms with Gasteiger partial charge in [0.25, 0.3) is 5.91 Å². The Balaban J connectivity index is 1.27. The number of nitrogens with one attached hydrogen (secondary N) is 1. The molecule has 1 aromatic carbocycles. The summed E-state index contributed by atoms with van der Waals surface area (Å²) < 4.78 is 13.9. The highest BCUT2D eigenvalue weighted by Gasteiger charge is 2.50. The summed E-state index contributed by atoms with van der Waals surface area (Å²) in [6.07, 6.45) is 6.66. The number of carbonyl (C=O) groups excluding carboxylic acids is 1. The van der Waals surface area contributed by atoms with E-state index in [4.69, 9.17) is 5.26 Å². The van der Waals surface area contributed by atoms with Crippen molar-refractivity contribution in [3.05, 3.63) is 65.7 Å². The topological polar surface area (TPSA) is 98.9 Å². The minimum atomic E-state index is -1.51. The first-order valence-electron chi connectivity index (χ1n) is 11.3. The monoisotopic (exact) mass is 444 g/mol. The van der Waals surface area contributed by atoms with Gasteiger partial charge in [0.05, 0.1) is 11.1 Å². The maximum atomic E-state index is 13.9. The quantitative estimate of drug-likeness (QED) is 0.615. The van der Waals surface area contributed by atoms with Gasteiger partial charge in [-0.25, -0.2) is 9.37 Å². The van der Waals surface area contributed by atoms with Crippen LogP contribution in [-0.2, 0) is 4.79 Å². The molecule has 0 radical (unpaired) electrons. The Bertz CT molecular complexity index is 1240. The van der Waals surface area contributed by atoms with E-state index in [0.717, 1.165) is 42.1 Å². The Morgan fingerprint density at radius 1 is 1.15 bits per heavy atom. The number of hydrogen-bond donors (Lipinski definition) is 2. The van der Waals surface area contributed by atoms with Crippen LogP contribution in [0.15, 0.2) is 48.8 Å². The zero-order valence-electron chi connectivity index (χ0n) is 18.3. The van der Waals surface area contributed by atoms with E-state index < -0.39 is 11.5 Å². The number of nitrogens with zero attached hydrogens (tertiary/aromatic N) is 3. The lowest BCUT2D eigenvalue weighted by Gasteiger charge is -2.29. The van der Waals surface area contributed by atoms with Crippen LogP contribution in [0, 0.1) is 34.9 Å². The lowest BCUT2D eigenvalue weighted by Crippen LogP contribution is -2.46. The van der Waals surface area contributed by atoms with Crippen LogP contribution in [0.2, 0.25) is 0 Å². The van der Waals surface area contributed by atoms with E-state index >= 15 is 0 Å². The highest BCUT2D eigenvalue weighted by Crippen LogP contribution is 2.55. The number of aliphatic hydroxyl groups is 1. The first-order chi connectivity index (χ1) is 15.8. The number of aromatic nitrogens is 2. The number of halogens is 1. The molecule has 168 valence electrons. The van der Waals surface area contributed by atoms with E-state index in [9.17, 15) is 14.3 Å². The van der Waals surface area contributed by atoms with Crippen LogP contribution in [0.5, 0.6) is 0 Å². The number of amides is 1. The second-order valence-corrected chi connectivity index (χ2v) is 9.56. The summed E-state index contributed by atoms with van der Waals surface area (Å²) in [6.45, 7) is 1.58. The summed E-state index contributed by atoms with van der Waals surface area (Å²) in [4.78, 5) is 21.3. The highest BCUT2D eigenvalue weighted by atomic mass is 19.1. The zero-order valence-corrected chi connectivity index (χ0v) is 18.3. The fourth-order valence-corrected chi connectivity index (χ4v) is 5.79. The molecule has 2 aromatic heterocycles. The molecule has 2 N–H and O–H groups in total. The Morgan fingerprint density at radius 2 is 1.91 bits per heavy atom. The highest BCUT2D eigenvalue weighted by molar-refractivity contribution is 5.96. The first kappa shape index (κ1) is 21.5. The number of rotatable bonds is 4. The molecule has 7 heteroatoms. The third kappa shape index (κ3) is 3.96. The van der Waals surface area contributed by atoms with Gasteiger partial charge < -0.3 is 10.4 Å². The molecule has 2 saturated carbocycles. The molecule has 2 aliphatic rings. The van der Waals surface area contributed by atoms with Gasteiger partial charge in [-0.1, -0.05) is 0 Å². The standard InChI is InChI=1S/C26H25FN4O2/c1-26(33,25(32)31-24-5-2-15(13-28)14-30-24)19-10-16-8-18(9-17(16)11-19)21-6-7-29-23-4-3-20(27)12-22(21)23/h2-7,12,14,16-19,33H,8-11H2,1H3,(H,30,31,32). The molecule has 6 nitrogen and oxygen atoms in total. The first-order valence-corrected chi connectivity index (χ1v) is 11.3. The van der Waals surface area contributed by atoms with E-state index in [2.05, 4.69) is 15.3 Å². The van der Waals surface area contributed by atoms with Crippen molar-refractivity contribution >= 4 is 22.6 Å². The number of nitriles is 1. The summed E-state index contributed by atoms with van der Waals surface area (Å²) >= 11 is 0. The molecule has 0 aliphatic heterocycles. The van der Waals surface area contributed by atoms with Crippen molar-refractivity contribution in [2.75, 3.05) is 5.32 Å². The third-order valence-corrected chi connectivity index (χ3v) is 7.58. The molecule has 2 fully saturated rings. The van der Waals surface area contributed by atoms with Crippen LogP contribution < -0.4 is 5.32 Å². The van der Waals surface area contributed by atoms with Gasteiger partial charge in [-0.15, -0.1) is 0 Å². The number of pyridine rings is 2. The van der Waals surface area contributed by atoms with Crippen molar-refractivity contribution < 1.29 is 14.3 Å². The third-order valence-electron chi connectivity index (χ3n) is 7.58. The van der Waals surface area contributed by atoms with Gasteiger partial charge in [0.1, 0.15) is 23.3 Å². The summed E-state index contributed by atoms with van der Waals surface area (Å²) in [5.74, 6) is 0.612. The molecule has 5 rings (SSSR count). The normalized spacial score (nSPS) is 25.9. The molecule has 1 amide bonds. The largest absolute Gasteiger partial charge is 0.380 e. The second kappa shape index (κ2) is 8.20. The molecule has 3 aromatic rings. The zero-order chi connectivity index (χ0) is 23.2. The van der Waals surface area contributed by atoms with Crippen LogP contribution in [-0.4, -0.2) is 26.6 Å². The van der Waals surface area contributed by atoms with Gasteiger partial charge in [-0.05, 0) is 98.2 Å². The summed E-state index contributed by atoms with van der Waals surface area (Å²) in [7, 11) is 0. The summed E-state index contributed by atoms with van der Waals surface area (Å²) in [5.41, 5.74) is 0.839. The fourth-order valence-electron chi connectivity index (χ4n) is 5.79. The SMILES string of the molecule is CC(O)(C(=O)Nc1ccc(C#N)cn1)C1CC2CC(c3ccnc4ccc(F)cc34)CC2C1. The molecule has 0 spiro atoms. The lowest BCUT2D eigenvalue weighted by atomic mass is 9.83. The lowest BCUT2D eigenvalue weighted by molar-refractivity contribution is -0.137. The van der Waals surface area contributed by atoms with Crippen molar-refractivity contribution in [2.24, 2.45) is 17.8 Å². The Hall–Kier alpha value is -3.37. The Kier molecular flexibility index (Phi) is 5.34. The van der Waals surface area contributed by atoms with Gasteiger partial charge in [-0.2, -0.15) is 5.26 Å². The van der Waals surface area contributed by atoms with E-state index in [1.54, 1.807) is 37.4 Å². The predicted molar refractivity (Wildman–Crippen MR) is 122 cm³/mol. The van der Waals surface area contributed by atoms with Crippen molar-refractivity contribution in [2.45, 2.75) is 44.1 Å². The van der Waals surface area contributed by atoms with Gasteiger partial charge >= 0.3 is 0 Å². The second-order valence-electron chi connectivity index (χ2n) is 9.56. The molecule has 33 heavy (non-hydrogen) atoms. The number of hydrogen-bond acceptors (Lipinski definition) is 5. The van der Waals surface area contributed by atoms with Crippen molar-refractivity contribution in [3.63, 3.8) is 0 Å². The number of fused-ring (bicyclic) bond motifs is 2. The van der Waals surface area contributed by atoms with Gasteiger partial charge in [0, 0.05) is 17.8 Å². The van der Waals surface area contributed by atoms with E-state index in [1.165, 1.54) is 12.3 Å². The van der Waals surface area contributed by atoms with Crippen molar-refractivity contribution in [1.29, 1.82) is 5.26 Å². The Morgan fingerprint density at radius 3 is 2.58 bits per heavy atom. The Labute approximate surface area is 191 Å². The van der Waals surface area contributed by atoms with E-state index in [-0.39, 0.29) is 11.7 Å². The maximum Gasteiger partial charge on any atom is 0.257 e. The molecule has 2 aliphatic carbocycles. The van der Waals surface area contributed by atoms with Crippen LogP contribution in [0.3, 0.4) is 0 Å². The average Bonchev–Trinajstić information content (AvgIpc) is 3.39. The van der Waals surface area contributed by atoms with Crippen molar-refractivity contribution in [1.82, 2.24) is 9.97 Å². The van der Waals surface area contributed by atoms with Gasteiger partial charge in [-0.3, -0.25) is 9.78 Å². The van der Waals surface area contributed by atoms with E-state index in [0.29, 0.717) is 29.1 Å². The number of benzene rings is 1. The molecular formula is C26H25FN4O2. The summed E-state index contributed by atoms with van der Waals surface area (Å²) in [6, 6.07) is 11.8. The maximum absolute atomic E-state index is 13.9. The minimum absolute atomic E-state index is 0.140. The molecule has 0 saturated heterocycles. The number of anilines is 1. The molecule has 3 unspecified atom stereocenters. The van der Waals surface area contributed by atoms with Crippen LogP contribution in [0.1, 0.15) is 49.7 Å². The van der Waals surface area contributed by atoms with Gasteiger partial charge in [0.15, 0.2) is 0 Å². The molecule has 2 heterocycles. The molecular weight excluding hydrogens is 419 g/mol. The molecule has 3 atom stereocenters. The van der Waals surface area contributed by atoms with Gasteiger partial charge in [0.2, 0.25) is 0 Å². The number of carbonyl (C=O) groups is 1. The van der Waals surface area contributed by atoms with Crippen LogP contribution in [0.4, 0.5) is 10.2 Å². The van der Waals surface area contributed by atoms with Crippen LogP contribution >= 0.6 is 0 Å². The smallest absolute Gasteiger partial charge is 0.257 e. The fraction of sp³-hybridized carbons (Fsp3) is 0.385. The molecule has 0 bridgehead atoms.